The Balaban J connectivity index is 1.72. The Morgan fingerprint density at radius 1 is 1.03 bits per heavy atom. The van der Waals surface area contributed by atoms with Crippen LogP contribution in [0.5, 0.6) is 0 Å². The maximum Gasteiger partial charge on any atom is 0.274 e. The number of fused-ring (bicyclic) bond motifs is 1. The fourth-order valence-corrected chi connectivity index (χ4v) is 4.50. The van der Waals surface area contributed by atoms with Crippen molar-refractivity contribution in [1.82, 2.24) is 15.1 Å². The van der Waals surface area contributed by atoms with Crippen LogP contribution in [0.1, 0.15) is 58.7 Å². The van der Waals surface area contributed by atoms with E-state index in [2.05, 4.69) is 48.5 Å². The van der Waals surface area contributed by atoms with Crippen molar-refractivity contribution >= 4 is 28.0 Å². The minimum atomic E-state index is -0.309. The number of amides is 1. The summed E-state index contributed by atoms with van der Waals surface area (Å²) in [4.78, 5) is 26.8. The molecule has 2 heterocycles. The summed E-state index contributed by atoms with van der Waals surface area (Å²) in [7, 11) is 1.57. The van der Waals surface area contributed by atoms with Crippen LogP contribution in [0.3, 0.4) is 0 Å². The zero-order valence-corrected chi connectivity index (χ0v) is 18.6. The lowest BCUT2D eigenvalue weighted by molar-refractivity contribution is 0.0938. The van der Waals surface area contributed by atoms with Crippen molar-refractivity contribution in [3.05, 3.63) is 98.1 Å². The van der Waals surface area contributed by atoms with Gasteiger partial charge in [0.1, 0.15) is 0 Å². The van der Waals surface area contributed by atoms with Crippen molar-refractivity contribution in [2.75, 3.05) is 0 Å². The Bertz CT molecular complexity index is 1260. The minimum Gasteiger partial charge on any atom is -0.339 e. The summed E-state index contributed by atoms with van der Waals surface area (Å²) in [5, 5.41) is 10.5. The van der Waals surface area contributed by atoms with E-state index < -0.39 is 0 Å². The quantitative estimate of drug-likeness (QED) is 0.466. The molecule has 4 rings (SSSR count). The van der Waals surface area contributed by atoms with Gasteiger partial charge < -0.3 is 5.32 Å². The molecule has 0 spiro atoms. The van der Waals surface area contributed by atoms with Crippen LogP contribution in [0, 0.1) is 0 Å². The summed E-state index contributed by atoms with van der Waals surface area (Å²) >= 11 is 1.60. The van der Waals surface area contributed by atoms with E-state index in [1.165, 1.54) is 10.2 Å². The van der Waals surface area contributed by atoms with Gasteiger partial charge >= 0.3 is 0 Å². The molecular formula is C25H25N3O2S. The van der Waals surface area contributed by atoms with Crippen molar-refractivity contribution in [2.24, 2.45) is 7.05 Å². The molecule has 0 saturated carbocycles. The summed E-state index contributed by atoms with van der Waals surface area (Å²) in [5.41, 5.74) is 2.32. The van der Waals surface area contributed by atoms with Gasteiger partial charge in [0.2, 0.25) is 0 Å². The second kappa shape index (κ2) is 8.86. The highest BCUT2D eigenvalue weighted by molar-refractivity contribution is 7.10. The van der Waals surface area contributed by atoms with Gasteiger partial charge in [-0.15, -0.1) is 11.3 Å². The number of hydrogen-bond acceptors (Lipinski definition) is 4. The molecule has 2 aromatic heterocycles. The van der Waals surface area contributed by atoms with Crippen LogP contribution in [0.2, 0.25) is 0 Å². The van der Waals surface area contributed by atoms with Crippen LogP contribution in [-0.4, -0.2) is 15.7 Å². The highest BCUT2D eigenvalue weighted by Gasteiger charge is 2.22. The minimum absolute atomic E-state index is 0.220. The molecular weight excluding hydrogens is 406 g/mol. The summed E-state index contributed by atoms with van der Waals surface area (Å²) in [6.45, 7) is 4.39. The van der Waals surface area contributed by atoms with Crippen LogP contribution < -0.4 is 10.9 Å². The van der Waals surface area contributed by atoms with Gasteiger partial charge in [-0.3, -0.25) is 9.59 Å². The zero-order chi connectivity index (χ0) is 22.0. The van der Waals surface area contributed by atoms with Crippen LogP contribution in [0.15, 0.2) is 70.8 Å². The zero-order valence-electron chi connectivity index (χ0n) is 17.8. The van der Waals surface area contributed by atoms with Crippen molar-refractivity contribution in [3.63, 3.8) is 0 Å². The molecule has 0 radical (unpaired) electrons. The largest absolute Gasteiger partial charge is 0.339 e. The Morgan fingerprint density at radius 2 is 1.71 bits per heavy atom. The topological polar surface area (TPSA) is 64.0 Å². The van der Waals surface area contributed by atoms with Gasteiger partial charge in [0.25, 0.3) is 11.5 Å². The lowest BCUT2D eigenvalue weighted by Crippen LogP contribution is -2.32. The first kappa shape index (κ1) is 21.0. The first-order valence-electron chi connectivity index (χ1n) is 10.4. The summed E-state index contributed by atoms with van der Waals surface area (Å²) in [6, 6.07) is 19.2. The van der Waals surface area contributed by atoms with Gasteiger partial charge in [0.15, 0.2) is 5.69 Å². The number of rotatable bonds is 6. The third-order valence-electron chi connectivity index (χ3n) is 5.73. The number of carbonyl (C=O) groups excluding carboxylic acids is 1. The summed E-state index contributed by atoms with van der Waals surface area (Å²) < 4.78 is 1.22. The van der Waals surface area contributed by atoms with Gasteiger partial charge in [-0.1, -0.05) is 62.4 Å². The molecule has 2 atom stereocenters. The second-order valence-electron chi connectivity index (χ2n) is 7.72. The molecule has 1 N–H and O–H groups in total. The number of thiophene rings is 1. The van der Waals surface area contributed by atoms with E-state index in [1.54, 1.807) is 36.6 Å². The number of aromatic nitrogens is 2. The average Bonchev–Trinajstić information content (AvgIpc) is 3.34. The third-order valence-corrected chi connectivity index (χ3v) is 6.66. The fraction of sp³-hybridized carbons (Fsp3) is 0.240. The Hall–Kier alpha value is -3.25. The molecule has 158 valence electrons. The van der Waals surface area contributed by atoms with Crippen LogP contribution in [0.4, 0.5) is 0 Å². The average molecular weight is 432 g/mol. The highest BCUT2D eigenvalue weighted by atomic mass is 32.1. The maximum absolute atomic E-state index is 13.3. The SMILES string of the molecule is CC[C@@H](C)c1ccc([C@@H](NC(=O)c2nn(C)c(=O)c3ccccc23)c2cccs2)cc1. The molecule has 6 heteroatoms. The van der Waals surface area contributed by atoms with Crippen LogP contribution in [-0.2, 0) is 7.05 Å². The van der Waals surface area contributed by atoms with E-state index in [9.17, 15) is 9.59 Å². The van der Waals surface area contributed by atoms with E-state index >= 15 is 0 Å². The molecule has 0 aliphatic heterocycles. The van der Waals surface area contributed by atoms with Gasteiger partial charge in [-0.05, 0) is 41.0 Å². The third kappa shape index (κ3) is 4.16. The predicted octanol–water partition coefficient (Wildman–Crippen LogP) is 5.03. The van der Waals surface area contributed by atoms with Crippen LogP contribution >= 0.6 is 11.3 Å². The smallest absolute Gasteiger partial charge is 0.274 e. The molecule has 0 unspecified atom stereocenters. The molecule has 1 amide bonds. The normalized spacial score (nSPS) is 13.1. The fourth-order valence-electron chi connectivity index (χ4n) is 3.69. The van der Waals surface area contributed by atoms with E-state index in [0.29, 0.717) is 16.7 Å². The van der Waals surface area contributed by atoms with Crippen molar-refractivity contribution in [3.8, 4) is 0 Å². The van der Waals surface area contributed by atoms with Crippen molar-refractivity contribution < 1.29 is 4.79 Å². The van der Waals surface area contributed by atoms with Gasteiger partial charge in [0, 0.05) is 17.3 Å². The molecule has 0 bridgehead atoms. The van der Waals surface area contributed by atoms with E-state index in [0.717, 1.165) is 16.9 Å². The molecule has 2 aromatic carbocycles. The molecule has 31 heavy (non-hydrogen) atoms. The molecule has 0 aliphatic carbocycles. The maximum atomic E-state index is 13.3. The van der Waals surface area contributed by atoms with E-state index in [1.807, 2.05) is 23.6 Å². The molecule has 0 aliphatic rings. The number of hydrogen-bond donors (Lipinski definition) is 1. The summed E-state index contributed by atoms with van der Waals surface area (Å²) in [5.74, 6) is 0.182. The number of aryl methyl sites for hydroxylation is 1. The monoisotopic (exact) mass is 431 g/mol. The van der Waals surface area contributed by atoms with Crippen molar-refractivity contribution in [2.45, 2.75) is 32.2 Å². The first-order valence-corrected chi connectivity index (χ1v) is 11.3. The van der Waals surface area contributed by atoms with Gasteiger partial charge in [0.05, 0.1) is 11.4 Å². The number of nitrogens with zero attached hydrogens (tertiary/aromatic N) is 2. The molecule has 0 fully saturated rings. The van der Waals surface area contributed by atoms with Crippen LogP contribution in [0.25, 0.3) is 10.8 Å². The Labute approximate surface area is 185 Å². The van der Waals surface area contributed by atoms with E-state index in [-0.39, 0.29) is 23.2 Å². The second-order valence-corrected chi connectivity index (χ2v) is 8.70. The Morgan fingerprint density at radius 3 is 2.35 bits per heavy atom. The lowest BCUT2D eigenvalue weighted by Gasteiger charge is -2.19. The van der Waals surface area contributed by atoms with Crippen molar-refractivity contribution in [1.29, 1.82) is 0 Å². The predicted molar refractivity (Wildman–Crippen MR) is 126 cm³/mol. The van der Waals surface area contributed by atoms with E-state index in [4.69, 9.17) is 0 Å². The molecule has 4 aromatic rings. The Kier molecular flexibility index (Phi) is 6.00. The summed E-state index contributed by atoms with van der Waals surface area (Å²) in [6.07, 6.45) is 1.08. The number of nitrogens with one attached hydrogen (secondary N) is 1. The highest BCUT2D eigenvalue weighted by Crippen LogP contribution is 2.28. The van der Waals surface area contributed by atoms with Gasteiger partial charge in [-0.2, -0.15) is 5.10 Å². The standard InChI is InChI=1S/C25H25N3O2S/c1-4-16(2)17-11-13-18(14-12-17)22(21-10-7-15-31-21)26-24(29)23-19-8-5-6-9-20(19)25(30)28(3)27-23/h5-16,22H,4H2,1-3H3,(H,26,29)/t16-,22-/m1/s1. The molecule has 0 saturated heterocycles. The first-order chi connectivity index (χ1) is 15.0. The molecule has 5 nitrogen and oxygen atoms in total. The number of benzene rings is 2. The van der Waals surface area contributed by atoms with Gasteiger partial charge in [-0.25, -0.2) is 4.68 Å². The number of carbonyl (C=O) groups is 1. The lowest BCUT2D eigenvalue weighted by atomic mass is 9.95.